The minimum absolute atomic E-state index is 0.0643. The Labute approximate surface area is 129 Å². The lowest BCUT2D eigenvalue weighted by Crippen LogP contribution is -2.48. The van der Waals surface area contributed by atoms with E-state index in [9.17, 15) is 13.6 Å². The summed E-state index contributed by atoms with van der Waals surface area (Å²) in [4.78, 5) is 12.8. The van der Waals surface area contributed by atoms with Crippen LogP contribution in [-0.4, -0.2) is 19.0 Å². The smallest absolute Gasteiger partial charge is 0.228 e. The first-order valence-corrected chi connectivity index (χ1v) is 8.00. The molecule has 1 heterocycles. The second-order valence-corrected chi connectivity index (χ2v) is 6.56. The van der Waals surface area contributed by atoms with Crippen molar-refractivity contribution >= 4 is 5.91 Å². The van der Waals surface area contributed by atoms with E-state index in [0.717, 1.165) is 32.2 Å². The lowest BCUT2D eigenvalue weighted by Gasteiger charge is -2.38. The Morgan fingerprint density at radius 2 is 2.09 bits per heavy atom. The van der Waals surface area contributed by atoms with Crippen LogP contribution in [0.15, 0.2) is 18.2 Å². The van der Waals surface area contributed by atoms with Gasteiger partial charge in [0.2, 0.25) is 5.91 Å². The summed E-state index contributed by atoms with van der Waals surface area (Å²) in [5, 5.41) is 6.16. The lowest BCUT2D eigenvalue weighted by molar-refractivity contribution is -0.134. The van der Waals surface area contributed by atoms with Crippen molar-refractivity contribution in [2.45, 2.75) is 38.6 Å². The molecule has 2 fully saturated rings. The van der Waals surface area contributed by atoms with Gasteiger partial charge in [-0.3, -0.25) is 4.79 Å². The molecule has 0 bridgehead atoms. The third kappa shape index (κ3) is 2.51. The van der Waals surface area contributed by atoms with Gasteiger partial charge in [0.25, 0.3) is 0 Å². The molecule has 1 aliphatic heterocycles. The zero-order chi connectivity index (χ0) is 15.7. The van der Waals surface area contributed by atoms with Crippen LogP contribution >= 0.6 is 0 Å². The van der Waals surface area contributed by atoms with Gasteiger partial charge in [0.1, 0.15) is 11.6 Å². The van der Waals surface area contributed by atoms with Crippen molar-refractivity contribution < 1.29 is 13.6 Å². The molecule has 0 spiro atoms. The molecule has 22 heavy (non-hydrogen) atoms. The summed E-state index contributed by atoms with van der Waals surface area (Å²) in [6.45, 7) is 3.15. The number of hydrogen-bond acceptors (Lipinski definition) is 2. The van der Waals surface area contributed by atoms with E-state index in [1.807, 2.05) is 0 Å². The zero-order valence-corrected chi connectivity index (χ0v) is 12.8. The van der Waals surface area contributed by atoms with Crippen LogP contribution in [0, 0.1) is 23.0 Å². The Morgan fingerprint density at radius 1 is 1.36 bits per heavy atom. The molecule has 2 aliphatic rings. The molecule has 1 aliphatic carbocycles. The van der Waals surface area contributed by atoms with E-state index >= 15 is 0 Å². The Hall–Kier alpha value is -1.49. The number of carbonyl (C=O) groups excluding carboxylic acids is 1. The maximum Gasteiger partial charge on any atom is 0.228 e. The summed E-state index contributed by atoms with van der Waals surface area (Å²) < 4.78 is 27.7. The first kappa shape index (κ1) is 15.4. The summed E-state index contributed by atoms with van der Waals surface area (Å²) in [5.74, 6) is -0.971. The molecule has 0 radical (unpaired) electrons. The molecule has 1 aromatic rings. The Kier molecular flexibility index (Phi) is 4.17. The number of fused-ring (bicyclic) bond motifs is 1. The largest absolute Gasteiger partial charge is 0.349 e. The summed E-state index contributed by atoms with van der Waals surface area (Å²) in [6.07, 6.45) is 4.08. The second kappa shape index (κ2) is 5.95. The molecule has 3 nitrogen and oxygen atoms in total. The molecule has 1 saturated heterocycles. The highest BCUT2D eigenvalue weighted by Gasteiger charge is 2.50. The van der Waals surface area contributed by atoms with Crippen molar-refractivity contribution in [1.29, 1.82) is 0 Å². The fourth-order valence-electron chi connectivity index (χ4n) is 4.03. The minimum atomic E-state index is -0.675. The molecule has 1 aromatic carbocycles. The molecule has 120 valence electrons. The van der Waals surface area contributed by atoms with Gasteiger partial charge in [-0.05, 0) is 44.4 Å². The fourth-order valence-corrected chi connectivity index (χ4v) is 4.03. The fraction of sp³-hybridized carbons (Fsp3) is 0.588. The van der Waals surface area contributed by atoms with Gasteiger partial charge >= 0.3 is 0 Å². The van der Waals surface area contributed by atoms with Crippen molar-refractivity contribution in [1.82, 2.24) is 10.6 Å². The van der Waals surface area contributed by atoms with Crippen LogP contribution in [-0.2, 0) is 4.79 Å². The van der Waals surface area contributed by atoms with Crippen LogP contribution in [0.3, 0.4) is 0 Å². The molecule has 3 atom stereocenters. The van der Waals surface area contributed by atoms with E-state index in [1.165, 1.54) is 18.2 Å². The van der Waals surface area contributed by atoms with E-state index < -0.39 is 23.1 Å². The van der Waals surface area contributed by atoms with Gasteiger partial charge < -0.3 is 10.6 Å². The van der Waals surface area contributed by atoms with Crippen LogP contribution in [0.4, 0.5) is 8.78 Å². The molecule has 2 N–H and O–H groups in total. The maximum absolute atomic E-state index is 13.9. The Balaban J connectivity index is 1.79. The van der Waals surface area contributed by atoms with Crippen molar-refractivity contribution in [3.8, 4) is 0 Å². The van der Waals surface area contributed by atoms with Gasteiger partial charge in [0, 0.05) is 12.1 Å². The van der Waals surface area contributed by atoms with Crippen molar-refractivity contribution in [3.63, 3.8) is 0 Å². The number of nitrogens with one attached hydrogen (secondary N) is 2. The highest BCUT2D eigenvalue weighted by Crippen LogP contribution is 2.44. The average molecular weight is 308 g/mol. The van der Waals surface area contributed by atoms with Crippen molar-refractivity contribution in [2.24, 2.45) is 11.3 Å². The molecular formula is C17H22F2N2O. The number of hydrogen-bond donors (Lipinski definition) is 2. The highest BCUT2D eigenvalue weighted by atomic mass is 19.1. The monoisotopic (exact) mass is 308 g/mol. The first-order chi connectivity index (χ1) is 10.5. The van der Waals surface area contributed by atoms with Crippen LogP contribution in [0.2, 0.25) is 0 Å². The van der Waals surface area contributed by atoms with E-state index in [4.69, 9.17) is 0 Å². The normalized spacial score (nSPS) is 29.0. The predicted molar refractivity (Wildman–Crippen MR) is 80.2 cm³/mol. The average Bonchev–Trinajstić information content (AvgIpc) is 2.92. The number of rotatable bonds is 3. The third-order valence-electron chi connectivity index (χ3n) is 5.27. The van der Waals surface area contributed by atoms with Gasteiger partial charge in [-0.2, -0.15) is 0 Å². The Bertz CT molecular complexity index is 558. The zero-order valence-electron chi connectivity index (χ0n) is 12.8. The van der Waals surface area contributed by atoms with Gasteiger partial charge in [0.05, 0.1) is 11.5 Å². The summed E-state index contributed by atoms with van der Waals surface area (Å²) in [6, 6.07) is 3.10. The summed E-state index contributed by atoms with van der Waals surface area (Å²) in [5.41, 5.74) is -0.473. The topological polar surface area (TPSA) is 41.1 Å². The lowest BCUT2D eigenvalue weighted by atomic mass is 9.67. The molecule has 3 rings (SSSR count). The van der Waals surface area contributed by atoms with E-state index in [0.29, 0.717) is 12.5 Å². The summed E-state index contributed by atoms with van der Waals surface area (Å²) >= 11 is 0. The minimum Gasteiger partial charge on any atom is -0.349 e. The standard InChI is InChI=1S/C17H22F2N2O/c1-11(15-13(18)6-4-7-14(15)19)21-16(22)17-8-3-2-5-12(17)9-20-10-17/h4,6-7,11-12,20H,2-3,5,8-10H2,1H3,(H,21,22)/t11?,12-,17+/m0/s1. The Morgan fingerprint density at radius 3 is 2.82 bits per heavy atom. The molecule has 1 unspecified atom stereocenters. The van der Waals surface area contributed by atoms with Gasteiger partial charge in [-0.1, -0.05) is 18.9 Å². The van der Waals surface area contributed by atoms with E-state index in [2.05, 4.69) is 10.6 Å². The number of amides is 1. The van der Waals surface area contributed by atoms with Gasteiger partial charge in [-0.15, -0.1) is 0 Å². The molecule has 1 saturated carbocycles. The SMILES string of the molecule is CC(NC(=O)[C@@]12CCCC[C@H]1CNC2)c1c(F)cccc1F. The summed E-state index contributed by atoms with van der Waals surface area (Å²) in [7, 11) is 0. The van der Waals surface area contributed by atoms with Crippen molar-refractivity contribution in [3.05, 3.63) is 35.4 Å². The molecule has 1 amide bonds. The highest BCUT2D eigenvalue weighted by molar-refractivity contribution is 5.84. The second-order valence-electron chi connectivity index (χ2n) is 6.56. The van der Waals surface area contributed by atoms with Crippen molar-refractivity contribution in [2.75, 3.05) is 13.1 Å². The van der Waals surface area contributed by atoms with Crippen LogP contribution in [0.25, 0.3) is 0 Å². The van der Waals surface area contributed by atoms with Gasteiger partial charge in [-0.25, -0.2) is 8.78 Å². The maximum atomic E-state index is 13.9. The third-order valence-corrected chi connectivity index (χ3v) is 5.27. The van der Waals surface area contributed by atoms with Gasteiger partial charge in [0.15, 0.2) is 0 Å². The van der Waals surface area contributed by atoms with E-state index in [1.54, 1.807) is 6.92 Å². The molecule has 0 aromatic heterocycles. The van der Waals surface area contributed by atoms with Crippen LogP contribution in [0.5, 0.6) is 0 Å². The van der Waals surface area contributed by atoms with Crippen LogP contribution < -0.4 is 10.6 Å². The first-order valence-electron chi connectivity index (χ1n) is 8.00. The predicted octanol–water partition coefficient (Wildman–Crippen LogP) is 2.92. The number of halogens is 2. The number of benzene rings is 1. The molecule has 5 heteroatoms. The molecular weight excluding hydrogens is 286 g/mol. The quantitative estimate of drug-likeness (QED) is 0.901. The van der Waals surface area contributed by atoms with E-state index in [-0.39, 0.29) is 11.5 Å². The number of carbonyl (C=O) groups is 1. The van der Waals surface area contributed by atoms with Crippen LogP contribution in [0.1, 0.15) is 44.2 Å².